The van der Waals surface area contributed by atoms with Crippen molar-refractivity contribution in [3.63, 3.8) is 0 Å². The molecule has 2 amide bonds. The second kappa shape index (κ2) is 10.1. The van der Waals surface area contributed by atoms with Crippen LogP contribution >= 0.6 is 11.3 Å². The van der Waals surface area contributed by atoms with Gasteiger partial charge in [-0.2, -0.15) is 13.2 Å². The molecule has 1 aromatic heterocycles. The number of aromatic nitrogens is 1. The minimum Gasteiger partial charge on any atom is -0.496 e. The van der Waals surface area contributed by atoms with Crippen LogP contribution in [0.25, 0.3) is 10.2 Å². The van der Waals surface area contributed by atoms with E-state index in [2.05, 4.69) is 15.5 Å². The zero-order valence-corrected chi connectivity index (χ0v) is 23.4. The first-order chi connectivity index (χ1) is 20.1. The third-order valence-corrected chi connectivity index (χ3v) is 10.3. The fourth-order valence-electron chi connectivity index (χ4n) is 7.25. The fraction of sp³-hybridized carbons (Fsp3) is 0.483. The van der Waals surface area contributed by atoms with Gasteiger partial charge in [0.25, 0.3) is 5.91 Å². The Kier molecular flexibility index (Phi) is 6.57. The van der Waals surface area contributed by atoms with Crippen LogP contribution in [0.15, 0.2) is 30.3 Å². The number of alkyl halides is 3. The number of thiazole rings is 1. The average Bonchev–Trinajstić information content (AvgIpc) is 3.78. The van der Waals surface area contributed by atoms with Crippen LogP contribution in [0.4, 0.5) is 28.4 Å². The molecular formula is C29H28F4N4O4S. The van der Waals surface area contributed by atoms with Gasteiger partial charge in [0.1, 0.15) is 17.1 Å². The number of halogens is 4. The summed E-state index contributed by atoms with van der Waals surface area (Å²) in [6.45, 7) is 1.41. The van der Waals surface area contributed by atoms with E-state index >= 15 is 0 Å². The second-order valence-corrected chi connectivity index (χ2v) is 12.5. The number of carbonyl (C=O) groups is 2. The van der Waals surface area contributed by atoms with Crippen molar-refractivity contribution in [1.82, 2.24) is 10.3 Å². The van der Waals surface area contributed by atoms with Gasteiger partial charge >= 0.3 is 6.18 Å². The Morgan fingerprint density at radius 2 is 1.95 bits per heavy atom. The number of amides is 2. The van der Waals surface area contributed by atoms with Crippen molar-refractivity contribution >= 4 is 44.2 Å². The van der Waals surface area contributed by atoms with Gasteiger partial charge in [-0.15, -0.1) is 0 Å². The molecule has 2 N–H and O–H groups in total. The lowest BCUT2D eigenvalue weighted by Gasteiger charge is -2.31. The van der Waals surface area contributed by atoms with Crippen molar-refractivity contribution in [3.8, 4) is 5.75 Å². The molecule has 2 saturated carbocycles. The van der Waals surface area contributed by atoms with E-state index < -0.39 is 41.3 Å². The SMILES string of the molecule is COc1ccc2nc(N3C[C@@H]4C[C@H]3CO4)sc2c1C(=O)N[C@@H]1[C@H]2CC[C@H](C2)[C@@H]1C(=O)Nc1ccc(F)c(C(F)(F)F)c1. The fourth-order valence-corrected chi connectivity index (χ4v) is 8.43. The van der Waals surface area contributed by atoms with Crippen molar-refractivity contribution in [2.24, 2.45) is 17.8 Å². The van der Waals surface area contributed by atoms with Crippen molar-refractivity contribution in [1.29, 1.82) is 0 Å². The molecule has 2 aromatic carbocycles. The van der Waals surface area contributed by atoms with E-state index in [-0.39, 0.29) is 29.7 Å². The smallest absolute Gasteiger partial charge is 0.419 e. The molecule has 4 bridgehead atoms. The van der Waals surface area contributed by atoms with Crippen LogP contribution in [0, 0.1) is 23.6 Å². The van der Waals surface area contributed by atoms with E-state index in [0.717, 1.165) is 43.4 Å². The summed E-state index contributed by atoms with van der Waals surface area (Å²) in [7, 11) is 1.49. The van der Waals surface area contributed by atoms with Crippen LogP contribution in [0.3, 0.4) is 0 Å². The molecule has 4 aliphatic rings. The summed E-state index contributed by atoms with van der Waals surface area (Å²) < 4.78 is 65.5. The van der Waals surface area contributed by atoms with E-state index in [0.29, 0.717) is 40.3 Å². The Morgan fingerprint density at radius 3 is 2.67 bits per heavy atom. The van der Waals surface area contributed by atoms with E-state index in [9.17, 15) is 27.2 Å². The van der Waals surface area contributed by atoms with Gasteiger partial charge in [-0.3, -0.25) is 9.59 Å². The van der Waals surface area contributed by atoms with Crippen molar-refractivity contribution in [3.05, 3.63) is 47.3 Å². The number of nitrogens with zero attached hydrogens (tertiary/aromatic N) is 2. The molecule has 6 atom stereocenters. The van der Waals surface area contributed by atoms with E-state index in [1.807, 2.05) is 6.07 Å². The Hall–Kier alpha value is -3.45. The van der Waals surface area contributed by atoms with Crippen LogP contribution in [0.1, 0.15) is 41.6 Å². The van der Waals surface area contributed by atoms with Crippen LogP contribution in [-0.2, 0) is 15.7 Å². The maximum absolute atomic E-state index is 13.9. The Bertz CT molecular complexity index is 1580. The molecule has 222 valence electrons. The first-order valence-electron chi connectivity index (χ1n) is 13.9. The Balaban J connectivity index is 1.15. The highest BCUT2D eigenvalue weighted by Crippen LogP contribution is 2.49. The predicted octanol–water partition coefficient (Wildman–Crippen LogP) is 5.22. The molecule has 3 aromatic rings. The number of fused-ring (bicyclic) bond motifs is 5. The third kappa shape index (κ3) is 4.57. The molecule has 4 fully saturated rings. The number of hydrogen-bond acceptors (Lipinski definition) is 7. The maximum atomic E-state index is 13.9. The largest absolute Gasteiger partial charge is 0.496 e. The maximum Gasteiger partial charge on any atom is 0.419 e. The summed E-state index contributed by atoms with van der Waals surface area (Å²) in [6.07, 6.45) is -1.41. The Morgan fingerprint density at radius 1 is 1.14 bits per heavy atom. The molecule has 3 heterocycles. The average molecular weight is 605 g/mol. The summed E-state index contributed by atoms with van der Waals surface area (Å²) in [5.74, 6) is -2.53. The van der Waals surface area contributed by atoms with Crippen molar-refractivity contribution in [2.45, 2.75) is 50.0 Å². The van der Waals surface area contributed by atoms with Gasteiger partial charge in [-0.25, -0.2) is 9.37 Å². The van der Waals surface area contributed by atoms with Crippen molar-refractivity contribution < 1.29 is 36.6 Å². The highest BCUT2D eigenvalue weighted by atomic mass is 32.1. The lowest BCUT2D eigenvalue weighted by molar-refractivity contribution is -0.140. The van der Waals surface area contributed by atoms with Gasteiger partial charge < -0.3 is 25.0 Å². The van der Waals surface area contributed by atoms with Crippen LogP contribution in [-0.4, -0.2) is 55.2 Å². The first-order valence-corrected chi connectivity index (χ1v) is 14.8. The number of benzene rings is 2. The third-order valence-electron chi connectivity index (χ3n) is 9.16. The predicted molar refractivity (Wildman–Crippen MR) is 147 cm³/mol. The topological polar surface area (TPSA) is 92.8 Å². The van der Waals surface area contributed by atoms with Crippen LogP contribution in [0.2, 0.25) is 0 Å². The van der Waals surface area contributed by atoms with E-state index in [1.54, 1.807) is 6.07 Å². The lowest BCUT2D eigenvalue weighted by atomic mass is 9.83. The van der Waals surface area contributed by atoms with E-state index in [1.165, 1.54) is 18.4 Å². The summed E-state index contributed by atoms with van der Waals surface area (Å²) in [4.78, 5) is 34.4. The number of rotatable bonds is 6. The van der Waals surface area contributed by atoms with Gasteiger partial charge in [0.2, 0.25) is 5.91 Å². The number of nitrogens with one attached hydrogen (secondary N) is 2. The van der Waals surface area contributed by atoms with Gasteiger partial charge in [-0.05, 0) is 67.9 Å². The number of anilines is 2. The molecule has 0 radical (unpaired) electrons. The summed E-state index contributed by atoms with van der Waals surface area (Å²) in [5.41, 5.74) is -0.582. The highest BCUT2D eigenvalue weighted by molar-refractivity contribution is 7.22. The van der Waals surface area contributed by atoms with Gasteiger partial charge in [-0.1, -0.05) is 11.3 Å². The molecule has 42 heavy (non-hydrogen) atoms. The molecule has 2 aliphatic heterocycles. The summed E-state index contributed by atoms with van der Waals surface area (Å²) >= 11 is 1.42. The number of morpholine rings is 1. The number of hydrogen-bond donors (Lipinski definition) is 2. The van der Waals surface area contributed by atoms with Gasteiger partial charge in [0, 0.05) is 18.3 Å². The minimum atomic E-state index is -4.90. The Labute approximate surface area is 242 Å². The highest BCUT2D eigenvalue weighted by Gasteiger charge is 2.52. The number of carbonyl (C=O) groups excluding carboxylic acids is 2. The molecule has 8 nitrogen and oxygen atoms in total. The zero-order valence-electron chi connectivity index (χ0n) is 22.5. The molecule has 0 unspecified atom stereocenters. The quantitative estimate of drug-likeness (QED) is 0.375. The van der Waals surface area contributed by atoms with Crippen LogP contribution in [0.5, 0.6) is 5.75 Å². The molecule has 7 rings (SSSR count). The summed E-state index contributed by atoms with van der Waals surface area (Å²) in [6, 6.07) is 5.66. The second-order valence-electron chi connectivity index (χ2n) is 11.5. The number of methoxy groups -OCH3 is 1. The monoisotopic (exact) mass is 604 g/mol. The minimum absolute atomic E-state index is 0.0247. The number of ether oxygens (including phenoxy) is 2. The molecule has 2 saturated heterocycles. The van der Waals surface area contributed by atoms with E-state index in [4.69, 9.17) is 14.5 Å². The van der Waals surface area contributed by atoms with Gasteiger partial charge in [0.05, 0.1) is 47.6 Å². The zero-order chi connectivity index (χ0) is 29.3. The van der Waals surface area contributed by atoms with Crippen molar-refractivity contribution in [2.75, 3.05) is 30.5 Å². The standard InChI is InChI=1S/C29H28F4N4O4S/c1-40-21-7-6-20-25(42-28(35-20)37-11-17-10-16(37)12-41-17)23(21)27(39)36-24-14-3-2-13(8-14)22(24)26(38)34-15-4-5-19(30)18(9-15)29(31,32)33/h4-7,9,13-14,16-17,22,24H,2-3,8,10-12H2,1H3,(H,34,38)(H,36,39)/t13-,14+,16+,17+,22+,24-/m1/s1. The first kappa shape index (κ1) is 27.4. The molecular weight excluding hydrogens is 576 g/mol. The van der Waals surface area contributed by atoms with Crippen LogP contribution < -0.4 is 20.3 Å². The van der Waals surface area contributed by atoms with Gasteiger partial charge in [0.15, 0.2) is 5.13 Å². The molecule has 0 spiro atoms. The summed E-state index contributed by atoms with van der Waals surface area (Å²) in [5, 5.41) is 6.45. The molecule has 2 aliphatic carbocycles. The lowest BCUT2D eigenvalue weighted by Crippen LogP contribution is -2.48. The molecule has 13 heteroatoms. The normalized spacial score (nSPS) is 28.1.